The molecule has 0 unspecified atom stereocenters. The van der Waals surface area contributed by atoms with E-state index in [-0.39, 0.29) is 5.41 Å². The molecule has 2 aromatic heterocycles. The molecule has 0 aliphatic heterocycles. The third-order valence-electron chi connectivity index (χ3n) is 6.38. The summed E-state index contributed by atoms with van der Waals surface area (Å²) < 4.78 is 0. The number of nitrogens with one attached hydrogen (secondary N) is 1. The second kappa shape index (κ2) is 7.99. The number of hydrogen-bond donors (Lipinski definition) is 1. The molecule has 0 spiro atoms. The van der Waals surface area contributed by atoms with Crippen LogP contribution < -0.4 is 9.80 Å². The van der Waals surface area contributed by atoms with E-state index >= 15 is 0 Å². The van der Waals surface area contributed by atoms with Crippen LogP contribution in [0.1, 0.15) is 22.4 Å². The standard InChI is InChI=1S/C27H28N4S/c1-30(2)21-10-5-8-19(16-21)27(20-9-6-11-22(17-20)31(3)4)14-13-23-24(18-27)28-29-26(23)25-12-7-15-32-25/h5-17H,18H2,1-4H3,(H,28,29). The predicted molar refractivity (Wildman–Crippen MR) is 137 cm³/mol. The van der Waals surface area contributed by atoms with Gasteiger partial charge in [0.1, 0.15) is 5.69 Å². The number of aromatic amines is 1. The SMILES string of the molecule is CN(C)c1cccc(C2(c3cccc(N(C)C)c3)C=Cc3c(-c4cccs4)n[nH]c3C2)c1. The zero-order valence-corrected chi connectivity index (χ0v) is 19.8. The summed E-state index contributed by atoms with van der Waals surface area (Å²) in [4.78, 5) is 5.52. The summed E-state index contributed by atoms with van der Waals surface area (Å²) in [6.07, 6.45) is 5.48. The Balaban J connectivity index is 1.69. The minimum absolute atomic E-state index is 0.274. The van der Waals surface area contributed by atoms with Crippen molar-refractivity contribution in [2.75, 3.05) is 38.0 Å². The van der Waals surface area contributed by atoms with Crippen LogP contribution in [0.3, 0.4) is 0 Å². The number of benzene rings is 2. The molecule has 1 aliphatic rings. The van der Waals surface area contributed by atoms with Crippen LogP contribution in [0.15, 0.2) is 72.1 Å². The lowest BCUT2D eigenvalue weighted by atomic mass is 9.68. The van der Waals surface area contributed by atoms with Gasteiger partial charge in [-0.2, -0.15) is 5.10 Å². The molecule has 4 nitrogen and oxygen atoms in total. The fourth-order valence-corrected chi connectivity index (χ4v) is 5.28. The predicted octanol–water partition coefficient (Wildman–Crippen LogP) is 5.83. The summed E-state index contributed by atoms with van der Waals surface area (Å²) in [6, 6.07) is 22.0. The molecule has 2 aromatic carbocycles. The highest BCUT2D eigenvalue weighted by Gasteiger charge is 2.37. The average Bonchev–Trinajstić information content (AvgIpc) is 3.48. The first-order chi connectivity index (χ1) is 15.5. The molecule has 0 bridgehead atoms. The fourth-order valence-electron chi connectivity index (χ4n) is 4.55. The Morgan fingerprint density at radius 2 is 1.53 bits per heavy atom. The van der Waals surface area contributed by atoms with E-state index in [9.17, 15) is 0 Å². The van der Waals surface area contributed by atoms with Crippen molar-refractivity contribution in [2.24, 2.45) is 0 Å². The van der Waals surface area contributed by atoms with Crippen molar-refractivity contribution in [1.29, 1.82) is 0 Å². The van der Waals surface area contributed by atoms with E-state index in [1.54, 1.807) is 11.3 Å². The summed E-state index contributed by atoms with van der Waals surface area (Å²) in [5.74, 6) is 0. The van der Waals surface area contributed by atoms with Gasteiger partial charge in [-0.05, 0) is 46.8 Å². The molecular formula is C27H28N4S. The Labute approximate surface area is 193 Å². The van der Waals surface area contributed by atoms with Crippen LogP contribution in [-0.4, -0.2) is 38.4 Å². The van der Waals surface area contributed by atoms with E-state index in [1.807, 2.05) is 0 Å². The number of H-pyrrole nitrogens is 1. The van der Waals surface area contributed by atoms with Gasteiger partial charge in [-0.25, -0.2) is 0 Å². The number of fused-ring (bicyclic) bond motifs is 1. The number of anilines is 2. The molecule has 0 atom stereocenters. The van der Waals surface area contributed by atoms with Gasteiger partial charge < -0.3 is 9.80 Å². The van der Waals surface area contributed by atoms with Crippen molar-refractivity contribution in [3.05, 3.63) is 94.5 Å². The van der Waals surface area contributed by atoms with Gasteiger partial charge >= 0.3 is 0 Å². The van der Waals surface area contributed by atoms with Crippen LogP contribution in [0.25, 0.3) is 16.6 Å². The van der Waals surface area contributed by atoms with Crippen LogP contribution in [-0.2, 0) is 11.8 Å². The highest BCUT2D eigenvalue weighted by atomic mass is 32.1. The lowest BCUT2D eigenvalue weighted by Crippen LogP contribution is -2.31. The van der Waals surface area contributed by atoms with Crippen LogP contribution in [0.5, 0.6) is 0 Å². The van der Waals surface area contributed by atoms with Crippen LogP contribution >= 0.6 is 11.3 Å². The molecule has 1 aliphatic carbocycles. The molecule has 5 heteroatoms. The summed E-state index contributed by atoms with van der Waals surface area (Å²) in [5, 5.41) is 10.2. The molecule has 162 valence electrons. The van der Waals surface area contributed by atoms with Gasteiger partial charge in [0, 0.05) is 62.7 Å². The highest BCUT2D eigenvalue weighted by Crippen LogP contribution is 2.44. The number of hydrogen-bond acceptors (Lipinski definition) is 4. The Kier molecular flexibility index (Phi) is 5.14. The van der Waals surface area contributed by atoms with Gasteiger partial charge in [-0.1, -0.05) is 42.5 Å². The third-order valence-corrected chi connectivity index (χ3v) is 7.26. The quantitative estimate of drug-likeness (QED) is 0.424. The summed E-state index contributed by atoms with van der Waals surface area (Å²) >= 11 is 1.73. The molecular weight excluding hydrogens is 412 g/mol. The highest BCUT2D eigenvalue weighted by molar-refractivity contribution is 7.13. The van der Waals surface area contributed by atoms with Crippen molar-refractivity contribution in [3.8, 4) is 10.6 Å². The van der Waals surface area contributed by atoms with Crippen LogP contribution in [0.2, 0.25) is 0 Å². The zero-order chi connectivity index (χ0) is 22.3. The number of nitrogens with zero attached hydrogens (tertiary/aromatic N) is 3. The molecule has 5 rings (SSSR count). The molecule has 0 radical (unpaired) electrons. The molecule has 0 fully saturated rings. The monoisotopic (exact) mass is 440 g/mol. The summed E-state index contributed by atoms with van der Waals surface area (Å²) in [7, 11) is 8.37. The topological polar surface area (TPSA) is 35.2 Å². The van der Waals surface area contributed by atoms with Crippen molar-refractivity contribution < 1.29 is 0 Å². The maximum absolute atomic E-state index is 4.70. The number of allylic oxidation sites excluding steroid dienone is 1. The Morgan fingerprint density at radius 1 is 0.875 bits per heavy atom. The number of rotatable bonds is 5. The lowest BCUT2D eigenvalue weighted by Gasteiger charge is -2.35. The number of thiophene rings is 1. The smallest absolute Gasteiger partial charge is 0.109 e. The second-order valence-corrected chi connectivity index (χ2v) is 9.76. The van der Waals surface area contributed by atoms with Crippen LogP contribution in [0.4, 0.5) is 11.4 Å². The molecule has 0 saturated heterocycles. The van der Waals surface area contributed by atoms with Gasteiger partial charge in [0.2, 0.25) is 0 Å². The maximum atomic E-state index is 4.70. The maximum Gasteiger partial charge on any atom is 0.109 e. The third kappa shape index (κ3) is 3.43. The van der Waals surface area contributed by atoms with Crippen molar-refractivity contribution in [3.63, 3.8) is 0 Å². The van der Waals surface area contributed by atoms with E-state index in [1.165, 1.54) is 38.6 Å². The normalized spacial score (nSPS) is 14.2. The van der Waals surface area contributed by atoms with Gasteiger partial charge in [0.05, 0.1) is 4.88 Å². The van der Waals surface area contributed by atoms with Crippen molar-refractivity contribution in [1.82, 2.24) is 10.2 Å². The van der Waals surface area contributed by atoms with E-state index in [2.05, 4.69) is 121 Å². The van der Waals surface area contributed by atoms with Crippen LogP contribution in [0, 0.1) is 0 Å². The summed E-state index contributed by atoms with van der Waals surface area (Å²) in [5.41, 5.74) is 8.13. The van der Waals surface area contributed by atoms with Gasteiger partial charge in [-0.15, -0.1) is 11.3 Å². The van der Waals surface area contributed by atoms with Crippen molar-refractivity contribution >= 4 is 28.8 Å². The first-order valence-electron chi connectivity index (χ1n) is 10.8. The minimum atomic E-state index is -0.274. The Bertz CT molecular complexity index is 1210. The molecule has 4 aromatic rings. The average molecular weight is 441 g/mol. The zero-order valence-electron chi connectivity index (χ0n) is 19.0. The van der Waals surface area contributed by atoms with Gasteiger partial charge in [-0.3, -0.25) is 5.10 Å². The van der Waals surface area contributed by atoms with Gasteiger partial charge in [0.15, 0.2) is 0 Å². The molecule has 32 heavy (non-hydrogen) atoms. The molecule has 2 heterocycles. The first kappa shape index (κ1) is 20.6. The van der Waals surface area contributed by atoms with E-state index in [4.69, 9.17) is 5.10 Å². The largest absolute Gasteiger partial charge is 0.378 e. The minimum Gasteiger partial charge on any atom is -0.378 e. The van der Waals surface area contributed by atoms with Gasteiger partial charge in [0.25, 0.3) is 0 Å². The second-order valence-electron chi connectivity index (χ2n) is 8.81. The fraction of sp³-hybridized carbons (Fsp3) is 0.222. The lowest BCUT2D eigenvalue weighted by molar-refractivity contribution is 0.620. The first-order valence-corrected chi connectivity index (χ1v) is 11.7. The summed E-state index contributed by atoms with van der Waals surface area (Å²) in [6.45, 7) is 0. The Hall–Kier alpha value is -3.31. The van der Waals surface area contributed by atoms with E-state index in [0.29, 0.717) is 0 Å². The molecule has 0 saturated carbocycles. The molecule has 0 amide bonds. The van der Waals surface area contributed by atoms with Crippen molar-refractivity contribution in [2.45, 2.75) is 11.8 Å². The van der Waals surface area contributed by atoms with E-state index in [0.717, 1.165) is 12.1 Å². The molecule has 1 N–H and O–H groups in total. The number of aromatic nitrogens is 2. The Morgan fingerprint density at radius 3 is 2.09 bits per heavy atom. The van der Waals surface area contributed by atoms with E-state index < -0.39 is 0 Å².